The third-order valence-corrected chi connectivity index (χ3v) is 3.18. The molecule has 0 heterocycles. The monoisotopic (exact) mass is 256 g/mol. The molecule has 2 rings (SSSR count). The van der Waals surface area contributed by atoms with Gasteiger partial charge >= 0.3 is 0 Å². The van der Waals surface area contributed by atoms with Crippen LogP contribution in [0.1, 0.15) is 29.7 Å². The van der Waals surface area contributed by atoms with E-state index in [2.05, 4.69) is 13.0 Å². The molecule has 0 aliphatic carbocycles. The Morgan fingerprint density at radius 3 is 2.53 bits per heavy atom. The number of aryl methyl sites for hydroxylation is 2. The number of ether oxygens (including phenoxy) is 1. The summed E-state index contributed by atoms with van der Waals surface area (Å²) >= 11 is 0. The average Bonchev–Trinajstić information content (AvgIpc) is 2.46. The molecule has 0 aromatic heterocycles. The SMILES string of the molecule is CCc1cccc(OCC(O)c2ccc(C)cc2)c1. The molecule has 2 nitrogen and oxygen atoms in total. The summed E-state index contributed by atoms with van der Waals surface area (Å²) in [6.07, 6.45) is 0.392. The zero-order valence-electron chi connectivity index (χ0n) is 11.5. The van der Waals surface area contributed by atoms with Gasteiger partial charge in [-0.15, -0.1) is 0 Å². The van der Waals surface area contributed by atoms with Crippen molar-refractivity contribution in [1.82, 2.24) is 0 Å². The van der Waals surface area contributed by atoms with E-state index in [1.807, 2.05) is 49.4 Å². The summed E-state index contributed by atoms with van der Waals surface area (Å²) in [5, 5.41) is 10.1. The Bertz CT molecular complexity index is 517. The fraction of sp³-hybridized carbons (Fsp3) is 0.294. The van der Waals surface area contributed by atoms with E-state index in [9.17, 15) is 5.11 Å². The zero-order chi connectivity index (χ0) is 13.7. The molecule has 0 spiro atoms. The molecule has 0 amide bonds. The van der Waals surface area contributed by atoms with Crippen LogP contribution in [0.15, 0.2) is 48.5 Å². The highest BCUT2D eigenvalue weighted by atomic mass is 16.5. The number of aliphatic hydroxyl groups excluding tert-OH is 1. The van der Waals surface area contributed by atoms with Crippen LogP contribution in [0.25, 0.3) is 0 Å². The van der Waals surface area contributed by atoms with Gasteiger partial charge < -0.3 is 9.84 Å². The van der Waals surface area contributed by atoms with Gasteiger partial charge in [0.2, 0.25) is 0 Å². The highest BCUT2D eigenvalue weighted by Gasteiger charge is 2.08. The van der Waals surface area contributed by atoms with Gasteiger partial charge in [-0.2, -0.15) is 0 Å². The van der Waals surface area contributed by atoms with Crippen LogP contribution in [0, 0.1) is 6.92 Å². The lowest BCUT2D eigenvalue weighted by Crippen LogP contribution is -2.09. The molecule has 0 aliphatic heterocycles. The van der Waals surface area contributed by atoms with Crippen molar-refractivity contribution in [2.75, 3.05) is 6.61 Å². The van der Waals surface area contributed by atoms with Crippen molar-refractivity contribution >= 4 is 0 Å². The van der Waals surface area contributed by atoms with Crippen LogP contribution in [0.4, 0.5) is 0 Å². The summed E-state index contributed by atoms with van der Waals surface area (Å²) in [6, 6.07) is 15.8. The average molecular weight is 256 g/mol. The van der Waals surface area contributed by atoms with Crippen molar-refractivity contribution in [2.24, 2.45) is 0 Å². The Morgan fingerprint density at radius 2 is 1.84 bits per heavy atom. The third kappa shape index (κ3) is 3.83. The van der Waals surface area contributed by atoms with Gasteiger partial charge in [0.1, 0.15) is 18.5 Å². The first kappa shape index (κ1) is 13.6. The number of aliphatic hydroxyl groups is 1. The lowest BCUT2D eigenvalue weighted by molar-refractivity contribution is 0.108. The van der Waals surface area contributed by atoms with E-state index in [0.29, 0.717) is 0 Å². The van der Waals surface area contributed by atoms with Gasteiger partial charge in [-0.3, -0.25) is 0 Å². The summed E-state index contributed by atoms with van der Waals surface area (Å²) in [5.41, 5.74) is 3.31. The molecule has 2 heteroatoms. The molecule has 2 aromatic carbocycles. The molecule has 0 radical (unpaired) electrons. The quantitative estimate of drug-likeness (QED) is 0.884. The molecule has 100 valence electrons. The van der Waals surface area contributed by atoms with Crippen LogP contribution in [0.2, 0.25) is 0 Å². The van der Waals surface area contributed by atoms with Crippen molar-refractivity contribution < 1.29 is 9.84 Å². The van der Waals surface area contributed by atoms with Crippen LogP contribution in [0.5, 0.6) is 5.75 Å². The predicted octanol–water partition coefficient (Wildman–Crippen LogP) is 3.67. The Kier molecular flexibility index (Phi) is 4.58. The molecular weight excluding hydrogens is 236 g/mol. The van der Waals surface area contributed by atoms with Crippen molar-refractivity contribution in [3.05, 3.63) is 65.2 Å². The van der Waals surface area contributed by atoms with E-state index in [4.69, 9.17) is 4.74 Å². The predicted molar refractivity (Wildman–Crippen MR) is 77.5 cm³/mol. The van der Waals surface area contributed by atoms with Crippen LogP contribution in [-0.2, 0) is 6.42 Å². The first-order valence-electron chi connectivity index (χ1n) is 6.65. The van der Waals surface area contributed by atoms with Crippen LogP contribution in [-0.4, -0.2) is 11.7 Å². The van der Waals surface area contributed by atoms with Gasteiger partial charge in [0, 0.05) is 0 Å². The molecule has 1 unspecified atom stereocenters. The minimum atomic E-state index is -0.592. The van der Waals surface area contributed by atoms with E-state index >= 15 is 0 Å². The van der Waals surface area contributed by atoms with Crippen molar-refractivity contribution in [3.63, 3.8) is 0 Å². The van der Waals surface area contributed by atoms with Gasteiger partial charge in [-0.05, 0) is 36.6 Å². The van der Waals surface area contributed by atoms with Crippen molar-refractivity contribution in [3.8, 4) is 5.75 Å². The van der Waals surface area contributed by atoms with Crippen LogP contribution >= 0.6 is 0 Å². The van der Waals surface area contributed by atoms with Gasteiger partial charge in [0.05, 0.1) is 0 Å². The maximum Gasteiger partial charge on any atom is 0.119 e. The molecule has 0 saturated carbocycles. The van der Waals surface area contributed by atoms with E-state index in [0.717, 1.165) is 17.7 Å². The number of rotatable bonds is 5. The molecule has 0 aliphatic rings. The van der Waals surface area contributed by atoms with E-state index in [1.165, 1.54) is 11.1 Å². The Hall–Kier alpha value is -1.80. The largest absolute Gasteiger partial charge is 0.491 e. The molecule has 0 fully saturated rings. The molecule has 1 N–H and O–H groups in total. The van der Waals surface area contributed by atoms with Crippen LogP contribution < -0.4 is 4.74 Å². The number of benzene rings is 2. The second-order valence-corrected chi connectivity index (χ2v) is 4.74. The van der Waals surface area contributed by atoms with E-state index < -0.39 is 6.10 Å². The van der Waals surface area contributed by atoms with Crippen LogP contribution in [0.3, 0.4) is 0 Å². The van der Waals surface area contributed by atoms with Gasteiger partial charge in [-0.25, -0.2) is 0 Å². The molecule has 2 aromatic rings. The minimum absolute atomic E-state index is 0.274. The lowest BCUT2D eigenvalue weighted by Gasteiger charge is -2.13. The minimum Gasteiger partial charge on any atom is -0.491 e. The zero-order valence-corrected chi connectivity index (χ0v) is 11.5. The third-order valence-electron chi connectivity index (χ3n) is 3.18. The topological polar surface area (TPSA) is 29.5 Å². The van der Waals surface area contributed by atoms with E-state index in [-0.39, 0.29) is 6.61 Å². The normalized spacial score (nSPS) is 12.2. The first-order valence-corrected chi connectivity index (χ1v) is 6.65. The fourth-order valence-corrected chi connectivity index (χ4v) is 1.92. The Labute approximate surface area is 114 Å². The van der Waals surface area contributed by atoms with Crippen molar-refractivity contribution in [1.29, 1.82) is 0 Å². The number of hydrogen-bond acceptors (Lipinski definition) is 2. The van der Waals surface area contributed by atoms with Crippen molar-refractivity contribution in [2.45, 2.75) is 26.4 Å². The summed E-state index contributed by atoms with van der Waals surface area (Å²) < 4.78 is 5.64. The smallest absolute Gasteiger partial charge is 0.119 e. The number of hydrogen-bond donors (Lipinski definition) is 1. The van der Waals surface area contributed by atoms with Gasteiger partial charge in [0.25, 0.3) is 0 Å². The molecule has 0 bridgehead atoms. The van der Waals surface area contributed by atoms with Gasteiger partial charge in [0.15, 0.2) is 0 Å². The first-order chi connectivity index (χ1) is 9.19. The Balaban J connectivity index is 1.96. The summed E-state index contributed by atoms with van der Waals surface area (Å²) in [6.45, 7) is 4.42. The maximum absolute atomic E-state index is 10.1. The van der Waals surface area contributed by atoms with E-state index in [1.54, 1.807) is 0 Å². The summed E-state index contributed by atoms with van der Waals surface area (Å²) in [5.74, 6) is 0.811. The molecular formula is C17H20O2. The molecule has 0 saturated heterocycles. The Morgan fingerprint density at radius 1 is 1.11 bits per heavy atom. The summed E-state index contributed by atoms with van der Waals surface area (Å²) in [4.78, 5) is 0. The maximum atomic E-state index is 10.1. The summed E-state index contributed by atoms with van der Waals surface area (Å²) in [7, 11) is 0. The fourth-order valence-electron chi connectivity index (χ4n) is 1.92. The molecule has 19 heavy (non-hydrogen) atoms. The second-order valence-electron chi connectivity index (χ2n) is 4.74. The standard InChI is InChI=1S/C17H20O2/c1-3-14-5-4-6-16(11-14)19-12-17(18)15-9-7-13(2)8-10-15/h4-11,17-18H,3,12H2,1-2H3. The molecule has 1 atom stereocenters. The second kappa shape index (κ2) is 6.39. The highest BCUT2D eigenvalue weighted by molar-refractivity contribution is 5.29. The van der Waals surface area contributed by atoms with Gasteiger partial charge in [-0.1, -0.05) is 48.9 Å². The lowest BCUT2D eigenvalue weighted by atomic mass is 10.1. The highest BCUT2D eigenvalue weighted by Crippen LogP contribution is 2.18.